The van der Waals surface area contributed by atoms with Gasteiger partial charge < -0.3 is 18.9 Å². The molecule has 0 saturated heterocycles. The highest BCUT2D eigenvalue weighted by Gasteiger charge is 2.10. The summed E-state index contributed by atoms with van der Waals surface area (Å²) >= 11 is 0. The topological polar surface area (TPSA) is 36.9 Å². The van der Waals surface area contributed by atoms with E-state index in [0.717, 1.165) is 47.0 Å². The van der Waals surface area contributed by atoms with Gasteiger partial charge in [0.05, 0.1) is 26.4 Å². The maximum atomic E-state index is 5.83. The second-order valence-corrected chi connectivity index (χ2v) is 7.44. The molecule has 0 aliphatic carbocycles. The van der Waals surface area contributed by atoms with Gasteiger partial charge in [-0.3, -0.25) is 0 Å². The van der Waals surface area contributed by atoms with E-state index in [1.54, 1.807) is 0 Å². The van der Waals surface area contributed by atoms with Crippen LogP contribution in [-0.4, -0.2) is 26.4 Å². The SMILES string of the molecule is CCOc1ccc(OCC)c(Cc2ccc(Cc3cc(OCC)ccc3OCC)cc2)c1. The number of ether oxygens (including phenoxy) is 4. The summed E-state index contributed by atoms with van der Waals surface area (Å²) < 4.78 is 23.0. The van der Waals surface area contributed by atoms with Crippen molar-refractivity contribution in [3.05, 3.63) is 82.9 Å². The zero-order chi connectivity index (χ0) is 22.8. The van der Waals surface area contributed by atoms with E-state index in [0.29, 0.717) is 26.4 Å². The zero-order valence-electron chi connectivity index (χ0n) is 19.6. The Kier molecular flexibility index (Phi) is 8.85. The van der Waals surface area contributed by atoms with Crippen LogP contribution in [0.5, 0.6) is 23.0 Å². The second-order valence-electron chi connectivity index (χ2n) is 7.44. The van der Waals surface area contributed by atoms with E-state index in [1.165, 1.54) is 11.1 Å². The Bertz CT molecular complexity index is 899. The Labute approximate surface area is 192 Å². The van der Waals surface area contributed by atoms with Crippen molar-refractivity contribution in [3.8, 4) is 23.0 Å². The fourth-order valence-electron chi connectivity index (χ4n) is 3.71. The molecule has 3 rings (SSSR count). The molecule has 0 fully saturated rings. The van der Waals surface area contributed by atoms with Crippen LogP contribution in [0.3, 0.4) is 0 Å². The molecule has 0 aliphatic heterocycles. The van der Waals surface area contributed by atoms with Crippen LogP contribution in [0.1, 0.15) is 49.9 Å². The lowest BCUT2D eigenvalue weighted by Crippen LogP contribution is -2.01. The van der Waals surface area contributed by atoms with Crippen LogP contribution in [0.4, 0.5) is 0 Å². The first kappa shape index (κ1) is 23.5. The Hall–Kier alpha value is -3.14. The van der Waals surface area contributed by atoms with Gasteiger partial charge in [0, 0.05) is 24.0 Å². The molecule has 4 nitrogen and oxygen atoms in total. The van der Waals surface area contributed by atoms with E-state index in [4.69, 9.17) is 18.9 Å². The molecular weight excluding hydrogens is 400 g/mol. The normalized spacial score (nSPS) is 10.6. The maximum Gasteiger partial charge on any atom is 0.123 e. The van der Waals surface area contributed by atoms with E-state index >= 15 is 0 Å². The van der Waals surface area contributed by atoms with Crippen molar-refractivity contribution in [1.82, 2.24) is 0 Å². The number of hydrogen-bond acceptors (Lipinski definition) is 4. The maximum absolute atomic E-state index is 5.83. The fourth-order valence-corrected chi connectivity index (χ4v) is 3.71. The van der Waals surface area contributed by atoms with Crippen LogP contribution < -0.4 is 18.9 Å². The summed E-state index contributed by atoms with van der Waals surface area (Å²) in [4.78, 5) is 0. The van der Waals surface area contributed by atoms with Crippen molar-refractivity contribution in [2.45, 2.75) is 40.5 Å². The highest BCUT2D eigenvalue weighted by molar-refractivity contribution is 5.45. The lowest BCUT2D eigenvalue weighted by molar-refractivity contribution is 0.328. The molecule has 0 aromatic heterocycles. The van der Waals surface area contributed by atoms with Gasteiger partial charge in [-0.1, -0.05) is 24.3 Å². The summed E-state index contributed by atoms with van der Waals surface area (Å²) in [6, 6.07) is 20.8. The lowest BCUT2D eigenvalue weighted by Gasteiger charge is -2.14. The van der Waals surface area contributed by atoms with Gasteiger partial charge in [0.1, 0.15) is 23.0 Å². The molecule has 0 aliphatic rings. The first-order chi connectivity index (χ1) is 15.7. The molecule has 170 valence electrons. The van der Waals surface area contributed by atoms with Crippen LogP contribution in [0.25, 0.3) is 0 Å². The van der Waals surface area contributed by atoms with Gasteiger partial charge in [-0.25, -0.2) is 0 Å². The van der Waals surface area contributed by atoms with Crippen molar-refractivity contribution < 1.29 is 18.9 Å². The molecule has 0 unspecified atom stereocenters. The molecule has 0 N–H and O–H groups in total. The highest BCUT2D eigenvalue weighted by atomic mass is 16.5. The van der Waals surface area contributed by atoms with Gasteiger partial charge >= 0.3 is 0 Å². The van der Waals surface area contributed by atoms with Crippen molar-refractivity contribution >= 4 is 0 Å². The summed E-state index contributed by atoms with van der Waals surface area (Å²) in [7, 11) is 0. The van der Waals surface area contributed by atoms with Crippen molar-refractivity contribution in [1.29, 1.82) is 0 Å². The largest absolute Gasteiger partial charge is 0.494 e. The van der Waals surface area contributed by atoms with Crippen LogP contribution in [0.15, 0.2) is 60.7 Å². The average molecular weight is 435 g/mol. The smallest absolute Gasteiger partial charge is 0.123 e. The van der Waals surface area contributed by atoms with Crippen LogP contribution in [0.2, 0.25) is 0 Å². The van der Waals surface area contributed by atoms with E-state index in [-0.39, 0.29) is 0 Å². The fraction of sp³-hybridized carbons (Fsp3) is 0.357. The molecule has 3 aromatic rings. The monoisotopic (exact) mass is 434 g/mol. The Morgan fingerprint density at radius 2 is 0.844 bits per heavy atom. The molecule has 0 amide bonds. The quantitative estimate of drug-likeness (QED) is 0.328. The van der Waals surface area contributed by atoms with Crippen LogP contribution >= 0.6 is 0 Å². The Morgan fingerprint density at radius 3 is 1.19 bits per heavy atom. The van der Waals surface area contributed by atoms with Gasteiger partial charge in [0.2, 0.25) is 0 Å². The number of rotatable bonds is 12. The van der Waals surface area contributed by atoms with Crippen molar-refractivity contribution in [3.63, 3.8) is 0 Å². The Morgan fingerprint density at radius 1 is 0.469 bits per heavy atom. The molecule has 0 bridgehead atoms. The van der Waals surface area contributed by atoms with Gasteiger partial charge in [0.15, 0.2) is 0 Å². The predicted octanol–water partition coefficient (Wildman–Crippen LogP) is 6.46. The molecular formula is C28H34O4. The van der Waals surface area contributed by atoms with Crippen LogP contribution in [-0.2, 0) is 12.8 Å². The molecule has 32 heavy (non-hydrogen) atoms. The number of hydrogen-bond donors (Lipinski definition) is 0. The first-order valence-electron chi connectivity index (χ1n) is 11.5. The second kappa shape index (κ2) is 12.0. The Balaban J connectivity index is 1.77. The molecule has 0 heterocycles. The average Bonchev–Trinajstić information content (AvgIpc) is 2.79. The third kappa shape index (κ3) is 6.43. The van der Waals surface area contributed by atoms with E-state index in [1.807, 2.05) is 52.0 Å². The molecule has 3 aromatic carbocycles. The third-order valence-corrected chi connectivity index (χ3v) is 5.10. The number of benzene rings is 3. The van der Waals surface area contributed by atoms with E-state index < -0.39 is 0 Å². The predicted molar refractivity (Wildman–Crippen MR) is 130 cm³/mol. The van der Waals surface area contributed by atoms with Gasteiger partial charge in [-0.05, 0) is 75.2 Å². The van der Waals surface area contributed by atoms with Crippen molar-refractivity contribution in [2.24, 2.45) is 0 Å². The van der Waals surface area contributed by atoms with Gasteiger partial charge in [0.25, 0.3) is 0 Å². The van der Waals surface area contributed by atoms with Crippen molar-refractivity contribution in [2.75, 3.05) is 26.4 Å². The third-order valence-electron chi connectivity index (χ3n) is 5.10. The molecule has 0 radical (unpaired) electrons. The minimum absolute atomic E-state index is 0.642. The highest BCUT2D eigenvalue weighted by Crippen LogP contribution is 2.29. The molecule has 4 heteroatoms. The molecule has 0 atom stereocenters. The minimum Gasteiger partial charge on any atom is -0.494 e. The van der Waals surface area contributed by atoms with Crippen LogP contribution in [0, 0.1) is 0 Å². The minimum atomic E-state index is 0.642. The van der Waals surface area contributed by atoms with E-state index in [2.05, 4.69) is 36.4 Å². The summed E-state index contributed by atoms with van der Waals surface area (Å²) in [5.41, 5.74) is 4.73. The summed E-state index contributed by atoms with van der Waals surface area (Å²) in [6.45, 7) is 10.6. The van der Waals surface area contributed by atoms with Gasteiger partial charge in [-0.15, -0.1) is 0 Å². The standard InChI is InChI=1S/C28H34O4/c1-5-29-25-13-15-27(31-7-3)23(19-25)17-21-9-11-22(12-10-21)18-24-20-26(30-6-2)14-16-28(24)32-8-4/h9-16,19-20H,5-8,17-18H2,1-4H3. The first-order valence-corrected chi connectivity index (χ1v) is 11.5. The molecule has 0 saturated carbocycles. The molecule has 0 spiro atoms. The summed E-state index contributed by atoms with van der Waals surface area (Å²) in [5, 5.41) is 0. The van der Waals surface area contributed by atoms with E-state index in [9.17, 15) is 0 Å². The summed E-state index contributed by atoms with van der Waals surface area (Å²) in [5.74, 6) is 3.57. The lowest BCUT2D eigenvalue weighted by atomic mass is 9.99. The summed E-state index contributed by atoms with van der Waals surface area (Å²) in [6.07, 6.45) is 1.58. The van der Waals surface area contributed by atoms with Gasteiger partial charge in [-0.2, -0.15) is 0 Å². The zero-order valence-corrected chi connectivity index (χ0v) is 19.6.